The predicted molar refractivity (Wildman–Crippen MR) is 69.0 cm³/mol. The smallest absolute Gasteiger partial charge is 0.303 e. The zero-order chi connectivity index (χ0) is 14.0. The first-order valence-electron chi connectivity index (χ1n) is 6.41. The van der Waals surface area contributed by atoms with Crippen molar-refractivity contribution in [2.45, 2.75) is 52.5 Å². The van der Waals surface area contributed by atoms with Crippen LogP contribution in [0, 0.1) is 10.8 Å². The molecule has 0 aromatic rings. The monoisotopic (exact) mass is 256 g/mol. The average molecular weight is 256 g/mol. The highest BCUT2D eigenvalue weighted by Crippen LogP contribution is 2.43. The van der Waals surface area contributed by atoms with E-state index in [0.717, 1.165) is 19.3 Å². The molecule has 0 aromatic carbocycles. The topological polar surface area (TPSA) is 92.4 Å². The molecule has 1 amide bonds. The molecule has 4 N–H and O–H groups in total. The van der Waals surface area contributed by atoms with Crippen molar-refractivity contribution in [2.75, 3.05) is 6.54 Å². The van der Waals surface area contributed by atoms with Crippen LogP contribution in [-0.4, -0.2) is 29.6 Å². The fourth-order valence-corrected chi connectivity index (χ4v) is 2.19. The summed E-state index contributed by atoms with van der Waals surface area (Å²) in [6.07, 6.45) is 2.89. The average Bonchev–Trinajstić information content (AvgIpc) is 2.18. The molecule has 1 rings (SSSR count). The van der Waals surface area contributed by atoms with Crippen LogP contribution in [0.15, 0.2) is 0 Å². The van der Waals surface area contributed by atoms with Gasteiger partial charge < -0.3 is 16.2 Å². The summed E-state index contributed by atoms with van der Waals surface area (Å²) in [5, 5.41) is 11.7. The molecular formula is C13H24N2O3. The third kappa shape index (κ3) is 3.70. The summed E-state index contributed by atoms with van der Waals surface area (Å²) in [5.74, 6) is -0.997. The fourth-order valence-electron chi connectivity index (χ4n) is 2.19. The Morgan fingerprint density at radius 1 is 1.39 bits per heavy atom. The fraction of sp³-hybridized carbons (Fsp3) is 0.846. The molecule has 0 spiro atoms. The van der Waals surface area contributed by atoms with Crippen molar-refractivity contribution < 1.29 is 14.7 Å². The summed E-state index contributed by atoms with van der Waals surface area (Å²) >= 11 is 0. The second kappa shape index (κ2) is 5.26. The van der Waals surface area contributed by atoms with Crippen molar-refractivity contribution >= 4 is 11.9 Å². The number of carbonyl (C=O) groups is 2. The summed E-state index contributed by atoms with van der Waals surface area (Å²) in [6, 6.07) is -0.570. The van der Waals surface area contributed by atoms with E-state index in [1.54, 1.807) is 0 Å². The Hall–Kier alpha value is -1.10. The largest absolute Gasteiger partial charge is 0.481 e. The first-order valence-corrected chi connectivity index (χ1v) is 6.41. The number of amides is 1. The second-order valence-electron chi connectivity index (χ2n) is 6.49. The van der Waals surface area contributed by atoms with E-state index < -0.39 is 12.0 Å². The van der Waals surface area contributed by atoms with E-state index in [0.29, 0.717) is 6.54 Å². The standard InChI is InChI=1S/C13H24N2O3/c1-12(2,3)10(14)11(18)15-8-13(5-4-6-13)7-9(16)17/h10H,4-8,14H2,1-3H3,(H,15,18)(H,16,17). The SMILES string of the molecule is CC(C)(C)C(N)C(=O)NCC1(CC(=O)O)CCC1. The maximum absolute atomic E-state index is 11.9. The number of aliphatic carboxylic acids is 1. The van der Waals surface area contributed by atoms with Crippen LogP contribution in [0.2, 0.25) is 0 Å². The summed E-state index contributed by atoms with van der Waals surface area (Å²) in [7, 11) is 0. The van der Waals surface area contributed by atoms with Crippen molar-refractivity contribution in [3.05, 3.63) is 0 Å². The Morgan fingerprint density at radius 2 is 1.94 bits per heavy atom. The van der Waals surface area contributed by atoms with Gasteiger partial charge in [0.15, 0.2) is 0 Å². The molecule has 0 aliphatic heterocycles. The normalized spacial score (nSPS) is 19.8. The minimum atomic E-state index is -0.802. The van der Waals surface area contributed by atoms with Gasteiger partial charge >= 0.3 is 5.97 Å². The maximum Gasteiger partial charge on any atom is 0.303 e. The molecule has 0 aromatic heterocycles. The van der Waals surface area contributed by atoms with Gasteiger partial charge in [-0.15, -0.1) is 0 Å². The minimum Gasteiger partial charge on any atom is -0.481 e. The van der Waals surface area contributed by atoms with Crippen LogP contribution in [0.25, 0.3) is 0 Å². The van der Waals surface area contributed by atoms with Gasteiger partial charge in [0.05, 0.1) is 12.5 Å². The molecule has 0 heterocycles. The molecule has 0 radical (unpaired) electrons. The first kappa shape index (κ1) is 15.0. The van der Waals surface area contributed by atoms with Crippen molar-refractivity contribution in [2.24, 2.45) is 16.6 Å². The number of hydrogen-bond donors (Lipinski definition) is 3. The minimum absolute atomic E-state index is 0.123. The zero-order valence-electron chi connectivity index (χ0n) is 11.5. The van der Waals surface area contributed by atoms with Gasteiger partial charge in [0.25, 0.3) is 0 Å². The summed E-state index contributed by atoms with van der Waals surface area (Å²) in [4.78, 5) is 22.7. The van der Waals surface area contributed by atoms with E-state index in [9.17, 15) is 9.59 Å². The summed E-state index contributed by atoms with van der Waals surface area (Å²) < 4.78 is 0. The van der Waals surface area contributed by atoms with Gasteiger partial charge in [-0.1, -0.05) is 27.2 Å². The van der Waals surface area contributed by atoms with Crippen molar-refractivity contribution in [3.63, 3.8) is 0 Å². The number of nitrogens with two attached hydrogens (primary N) is 1. The van der Waals surface area contributed by atoms with Crippen LogP contribution in [0.3, 0.4) is 0 Å². The molecule has 1 aliphatic carbocycles. The number of carboxylic acid groups (broad SMARTS) is 1. The summed E-state index contributed by atoms with van der Waals surface area (Å²) in [6.45, 7) is 6.15. The zero-order valence-corrected chi connectivity index (χ0v) is 11.5. The maximum atomic E-state index is 11.9. The molecule has 5 heteroatoms. The Kier molecular flexibility index (Phi) is 4.37. The Morgan fingerprint density at radius 3 is 2.28 bits per heavy atom. The van der Waals surface area contributed by atoms with E-state index in [2.05, 4.69) is 5.32 Å². The molecular weight excluding hydrogens is 232 g/mol. The molecule has 1 saturated carbocycles. The van der Waals surface area contributed by atoms with Gasteiger partial charge in [-0.3, -0.25) is 9.59 Å². The molecule has 1 fully saturated rings. The van der Waals surface area contributed by atoms with Crippen molar-refractivity contribution in [3.8, 4) is 0 Å². The molecule has 1 unspecified atom stereocenters. The third-order valence-corrected chi connectivity index (χ3v) is 3.79. The number of hydrogen-bond acceptors (Lipinski definition) is 3. The molecule has 0 bridgehead atoms. The lowest BCUT2D eigenvalue weighted by Gasteiger charge is -2.41. The molecule has 1 aliphatic rings. The van der Waals surface area contributed by atoms with Crippen molar-refractivity contribution in [1.82, 2.24) is 5.32 Å². The Labute approximate surface area is 108 Å². The number of nitrogens with one attached hydrogen (secondary N) is 1. The van der Waals surface area contributed by atoms with Crippen LogP contribution in [0.5, 0.6) is 0 Å². The van der Waals surface area contributed by atoms with Crippen LogP contribution in [-0.2, 0) is 9.59 Å². The molecule has 18 heavy (non-hydrogen) atoms. The molecule has 0 saturated heterocycles. The predicted octanol–water partition coefficient (Wildman–Crippen LogP) is 1.12. The van der Waals surface area contributed by atoms with Crippen LogP contribution in [0.4, 0.5) is 0 Å². The van der Waals surface area contributed by atoms with Gasteiger partial charge in [0.2, 0.25) is 5.91 Å². The number of rotatable bonds is 5. The van der Waals surface area contributed by atoms with E-state index in [1.807, 2.05) is 20.8 Å². The van der Waals surface area contributed by atoms with Gasteiger partial charge in [-0.25, -0.2) is 0 Å². The van der Waals surface area contributed by atoms with Crippen molar-refractivity contribution in [1.29, 1.82) is 0 Å². The van der Waals surface area contributed by atoms with Crippen LogP contribution >= 0.6 is 0 Å². The van der Waals surface area contributed by atoms with Gasteiger partial charge in [-0.2, -0.15) is 0 Å². The van der Waals surface area contributed by atoms with Crippen LogP contribution in [0.1, 0.15) is 46.5 Å². The summed E-state index contributed by atoms with van der Waals surface area (Å²) in [5.41, 5.74) is 5.32. The third-order valence-electron chi connectivity index (χ3n) is 3.79. The van der Waals surface area contributed by atoms with Gasteiger partial charge in [-0.05, 0) is 23.7 Å². The highest BCUT2D eigenvalue weighted by Gasteiger charge is 2.40. The molecule has 1 atom stereocenters. The van der Waals surface area contributed by atoms with Gasteiger partial charge in [0.1, 0.15) is 0 Å². The number of carbonyl (C=O) groups excluding carboxylic acids is 1. The molecule has 104 valence electrons. The lowest BCUT2D eigenvalue weighted by molar-refractivity contribution is -0.142. The van der Waals surface area contributed by atoms with E-state index in [-0.39, 0.29) is 23.2 Å². The molecule has 5 nitrogen and oxygen atoms in total. The van der Waals surface area contributed by atoms with E-state index in [1.165, 1.54) is 0 Å². The highest BCUT2D eigenvalue weighted by molar-refractivity contribution is 5.82. The quantitative estimate of drug-likeness (QED) is 0.687. The van der Waals surface area contributed by atoms with E-state index >= 15 is 0 Å². The van der Waals surface area contributed by atoms with E-state index in [4.69, 9.17) is 10.8 Å². The van der Waals surface area contributed by atoms with Gasteiger partial charge in [0, 0.05) is 6.54 Å². The highest BCUT2D eigenvalue weighted by atomic mass is 16.4. The second-order valence-corrected chi connectivity index (χ2v) is 6.49. The first-order chi connectivity index (χ1) is 8.16. The Balaban J connectivity index is 2.49. The Bertz CT molecular complexity index is 330. The van der Waals surface area contributed by atoms with Crippen LogP contribution < -0.4 is 11.1 Å². The lowest BCUT2D eigenvalue weighted by Crippen LogP contribution is -2.52. The number of carboxylic acids is 1. The lowest BCUT2D eigenvalue weighted by atomic mass is 9.66.